The number of rotatable bonds is 11. The zero-order valence-corrected chi connectivity index (χ0v) is 22.4. The number of aromatic nitrogens is 2. The average molecular weight is 522 g/mol. The fraction of sp³-hybridized carbons (Fsp3) is 0.321. The zero-order valence-electron chi connectivity index (χ0n) is 21.6. The molecule has 0 aliphatic heterocycles. The van der Waals surface area contributed by atoms with Gasteiger partial charge in [-0.15, -0.1) is 11.3 Å². The third-order valence-corrected chi connectivity index (χ3v) is 6.76. The van der Waals surface area contributed by atoms with Crippen LogP contribution in [0.2, 0.25) is 0 Å². The largest absolute Gasteiger partial charge is 0.493 e. The highest BCUT2D eigenvalue weighted by Crippen LogP contribution is 2.35. The van der Waals surface area contributed by atoms with Crippen molar-refractivity contribution in [3.8, 4) is 23.0 Å². The molecule has 2 aromatic heterocycles. The number of carboxylic acids is 1. The van der Waals surface area contributed by atoms with E-state index in [1.807, 2.05) is 56.3 Å². The van der Waals surface area contributed by atoms with Crippen molar-refractivity contribution >= 4 is 17.3 Å². The Morgan fingerprint density at radius 3 is 2.59 bits per heavy atom. The summed E-state index contributed by atoms with van der Waals surface area (Å²) in [6.07, 6.45) is 0.614. The maximum Gasteiger partial charge on any atom is 0.347 e. The zero-order chi connectivity index (χ0) is 26.6. The summed E-state index contributed by atoms with van der Waals surface area (Å²) in [5.41, 5.74) is 3.24. The van der Waals surface area contributed by atoms with Crippen LogP contribution in [0.1, 0.15) is 47.1 Å². The van der Waals surface area contributed by atoms with Crippen LogP contribution >= 0.6 is 11.3 Å². The lowest BCUT2D eigenvalue weighted by Crippen LogP contribution is -2.38. The van der Waals surface area contributed by atoms with Gasteiger partial charge in [-0.3, -0.25) is 0 Å². The number of carbonyl (C=O) groups is 1. The first-order valence-corrected chi connectivity index (χ1v) is 12.8. The topological polar surface area (TPSA) is 107 Å². The van der Waals surface area contributed by atoms with Gasteiger partial charge in [0.25, 0.3) is 0 Å². The smallest absolute Gasteiger partial charge is 0.347 e. The lowest BCUT2D eigenvalue weighted by Gasteiger charge is -2.24. The Bertz CT molecular complexity index is 1380. The number of carboxylic acid groups (broad SMARTS) is 1. The molecule has 2 aromatic carbocycles. The van der Waals surface area contributed by atoms with E-state index in [4.69, 9.17) is 18.9 Å². The molecule has 0 saturated carbocycles. The Hall–Kier alpha value is -3.69. The molecule has 4 rings (SSSR count). The van der Waals surface area contributed by atoms with E-state index in [0.717, 1.165) is 38.8 Å². The van der Waals surface area contributed by atoms with Crippen molar-refractivity contribution < 1.29 is 23.8 Å². The van der Waals surface area contributed by atoms with E-state index in [1.54, 1.807) is 18.4 Å². The first kappa shape index (κ1) is 26.4. The van der Waals surface area contributed by atoms with Gasteiger partial charge in [-0.05, 0) is 57.0 Å². The van der Waals surface area contributed by atoms with Crippen LogP contribution in [0.4, 0.5) is 0 Å². The van der Waals surface area contributed by atoms with Crippen LogP contribution in [0, 0.1) is 13.8 Å². The second kappa shape index (κ2) is 11.1. The molecule has 0 aliphatic carbocycles. The summed E-state index contributed by atoms with van der Waals surface area (Å²) in [6, 6.07) is 13.7. The van der Waals surface area contributed by atoms with Crippen LogP contribution in [-0.2, 0) is 24.3 Å². The van der Waals surface area contributed by atoms with Gasteiger partial charge in [0.15, 0.2) is 17.1 Å². The summed E-state index contributed by atoms with van der Waals surface area (Å²) in [7, 11) is 1.54. The molecule has 0 atom stereocenters. The lowest BCUT2D eigenvalue weighted by atomic mass is 10.1. The molecule has 0 spiro atoms. The number of hydrogen-bond donors (Lipinski definition) is 2. The Balaban J connectivity index is 1.36. The highest BCUT2D eigenvalue weighted by atomic mass is 32.1. The van der Waals surface area contributed by atoms with Gasteiger partial charge in [-0.25, -0.2) is 14.8 Å². The molecule has 2 heterocycles. The van der Waals surface area contributed by atoms with Crippen molar-refractivity contribution in [2.24, 2.45) is 0 Å². The van der Waals surface area contributed by atoms with Crippen LogP contribution < -0.4 is 14.8 Å². The molecule has 9 heteroatoms. The number of benzene rings is 2. The molecular formula is C28H31N3O5S. The van der Waals surface area contributed by atoms with E-state index < -0.39 is 11.6 Å². The lowest BCUT2D eigenvalue weighted by molar-refractivity contribution is -0.152. The van der Waals surface area contributed by atoms with Gasteiger partial charge in [-0.1, -0.05) is 24.3 Å². The van der Waals surface area contributed by atoms with Crippen molar-refractivity contribution in [1.29, 1.82) is 0 Å². The van der Waals surface area contributed by atoms with Crippen molar-refractivity contribution in [3.05, 3.63) is 81.1 Å². The summed E-state index contributed by atoms with van der Waals surface area (Å²) in [5, 5.41) is 15.8. The minimum atomic E-state index is -1.37. The Morgan fingerprint density at radius 2 is 1.89 bits per heavy atom. The van der Waals surface area contributed by atoms with Crippen molar-refractivity contribution in [3.63, 3.8) is 0 Å². The minimum absolute atomic E-state index is 0.432. The van der Waals surface area contributed by atoms with Gasteiger partial charge in [0.2, 0.25) is 5.89 Å². The summed E-state index contributed by atoms with van der Waals surface area (Å²) < 4.78 is 17.1. The number of oxazole rings is 1. The highest BCUT2D eigenvalue weighted by Gasteiger charge is 2.31. The van der Waals surface area contributed by atoms with Gasteiger partial charge < -0.3 is 24.3 Å². The number of aliphatic carboxylic acids is 1. The predicted octanol–water partition coefficient (Wildman–Crippen LogP) is 5.55. The van der Waals surface area contributed by atoms with Crippen LogP contribution in [0.3, 0.4) is 0 Å². The molecule has 2 N–H and O–H groups in total. The molecule has 0 amide bonds. The van der Waals surface area contributed by atoms with Crippen molar-refractivity contribution in [1.82, 2.24) is 15.3 Å². The predicted molar refractivity (Wildman–Crippen MR) is 142 cm³/mol. The normalized spacial score (nSPS) is 11.5. The minimum Gasteiger partial charge on any atom is -0.493 e. The summed E-state index contributed by atoms with van der Waals surface area (Å²) in [5.74, 6) is 1.31. The third kappa shape index (κ3) is 6.36. The summed E-state index contributed by atoms with van der Waals surface area (Å²) in [4.78, 5) is 20.9. The fourth-order valence-corrected chi connectivity index (χ4v) is 4.55. The molecule has 0 fully saturated rings. The van der Waals surface area contributed by atoms with Crippen molar-refractivity contribution in [2.75, 3.05) is 7.11 Å². The molecule has 194 valence electrons. The van der Waals surface area contributed by atoms with E-state index >= 15 is 0 Å². The second-order valence-corrected chi connectivity index (χ2v) is 10.2. The Labute approximate surface area is 220 Å². The monoisotopic (exact) mass is 521 g/mol. The molecule has 0 radical (unpaired) electrons. The van der Waals surface area contributed by atoms with E-state index in [9.17, 15) is 9.90 Å². The fourth-order valence-electron chi connectivity index (χ4n) is 3.79. The number of hydrogen-bond acceptors (Lipinski definition) is 8. The van der Waals surface area contributed by atoms with Crippen molar-refractivity contribution in [2.45, 2.75) is 52.8 Å². The molecule has 4 aromatic rings. The Morgan fingerprint density at radius 1 is 1.14 bits per heavy atom. The second-order valence-electron chi connectivity index (χ2n) is 9.26. The SMILES string of the molecule is COc1cc(CNCc2nc(Cc3nc(-c4ccccc4)oc3C)cs2)cc(C)c1OC(C)(C)C(=O)O. The van der Waals surface area contributed by atoms with E-state index in [2.05, 4.69) is 15.7 Å². The maximum atomic E-state index is 11.5. The first-order chi connectivity index (χ1) is 17.7. The number of ether oxygens (including phenoxy) is 2. The summed E-state index contributed by atoms with van der Waals surface area (Å²) in [6.45, 7) is 8.04. The molecule has 0 saturated heterocycles. The standard InChI is InChI=1S/C28H31N3O5S/c1-17-11-19(12-23(34-5)25(17)36-28(3,4)27(32)33)14-29-15-24-30-21(16-37-24)13-22-18(2)35-26(31-22)20-9-7-6-8-10-20/h6-12,16,29H,13-15H2,1-5H3,(H,32,33). The number of thiazole rings is 1. The van der Waals surface area contributed by atoms with E-state index in [-0.39, 0.29) is 0 Å². The first-order valence-electron chi connectivity index (χ1n) is 11.9. The van der Waals surface area contributed by atoms with Gasteiger partial charge in [0, 0.05) is 30.5 Å². The van der Waals surface area contributed by atoms with Crippen LogP contribution in [0.25, 0.3) is 11.5 Å². The number of nitrogens with zero attached hydrogens (tertiary/aromatic N) is 2. The average Bonchev–Trinajstić information content (AvgIpc) is 3.47. The summed E-state index contributed by atoms with van der Waals surface area (Å²) >= 11 is 1.60. The highest BCUT2D eigenvalue weighted by molar-refractivity contribution is 7.09. The Kier molecular flexibility index (Phi) is 7.94. The van der Waals surface area contributed by atoms with E-state index in [1.165, 1.54) is 13.8 Å². The molecule has 0 bridgehead atoms. The van der Waals surface area contributed by atoms with Crippen LogP contribution in [0.5, 0.6) is 11.5 Å². The van der Waals surface area contributed by atoms with Crippen LogP contribution in [0.15, 0.2) is 52.3 Å². The number of methoxy groups -OCH3 is 1. The quantitative estimate of drug-likeness (QED) is 0.265. The van der Waals surface area contributed by atoms with Crippen LogP contribution in [-0.4, -0.2) is 33.8 Å². The molecular weight excluding hydrogens is 490 g/mol. The molecule has 0 unspecified atom stereocenters. The van der Waals surface area contributed by atoms with Gasteiger partial charge in [0.1, 0.15) is 10.8 Å². The molecule has 0 aliphatic rings. The van der Waals surface area contributed by atoms with Gasteiger partial charge in [-0.2, -0.15) is 0 Å². The third-order valence-electron chi connectivity index (χ3n) is 5.86. The van der Waals surface area contributed by atoms with Gasteiger partial charge >= 0.3 is 5.97 Å². The number of aryl methyl sites for hydroxylation is 2. The molecule has 37 heavy (non-hydrogen) atoms. The van der Waals surface area contributed by atoms with Gasteiger partial charge in [0.05, 0.1) is 18.5 Å². The molecule has 8 nitrogen and oxygen atoms in total. The van der Waals surface area contributed by atoms with E-state index in [0.29, 0.717) is 36.9 Å². The maximum absolute atomic E-state index is 11.5. The number of nitrogens with one attached hydrogen (secondary N) is 1.